The Labute approximate surface area is 111 Å². The lowest BCUT2D eigenvalue weighted by molar-refractivity contribution is -0.138. The standard InChI is InChI=1S/C14H18F3NO/c1-19-13-10(9-18-11-6-2-3-7-11)5-4-8-12(13)14(15,16)17/h4-5,8,11,18H,2-3,6-7,9H2,1H3. The molecule has 0 aromatic heterocycles. The first kappa shape index (κ1) is 14.2. The third-order valence-electron chi connectivity index (χ3n) is 3.54. The molecule has 0 aliphatic heterocycles. The van der Waals surface area contributed by atoms with Crippen molar-refractivity contribution in [1.82, 2.24) is 5.32 Å². The Balaban J connectivity index is 2.15. The van der Waals surface area contributed by atoms with E-state index in [0.717, 1.165) is 18.9 Å². The average molecular weight is 273 g/mol. The van der Waals surface area contributed by atoms with Crippen LogP contribution in [0.2, 0.25) is 0 Å². The molecule has 1 fully saturated rings. The molecule has 1 N–H and O–H groups in total. The number of rotatable bonds is 4. The van der Waals surface area contributed by atoms with Crippen LogP contribution in [0.5, 0.6) is 5.75 Å². The number of para-hydroxylation sites is 1. The first-order valence-corrected chi connectivity index (χ1v) is 6.49. The molecule has 1 aliphatic rings. The van der Waals surface area contributed by atoms with E-state index in [1.165, 1.54) is 26.0 Å². The predicted octanol–water partition coefficient (Wildman–Crippen LogP) is 3.75. The van der Waals surface area contributed by atoms with Crippen LogP contribution in [0.4, 0.5) is 13.2 Å². The van der Waals surface area contributed by atoms with Gasteiger partial charge in [0.2, 0.25) is 0 Å². The van der Waals surface area contributed by atoms with Crippen LogP contribution in [0.25, 0.3) is 0 Å². The van der Waals surface area contributed by atoms with Crippen LogP contribution in [0, 0.1) is 0 Å². The van der Waals surface area contributed by atoms with E-state index in [-0.39, 0.29) is 5.75 Å². The van der Waals surface area contributed by atoms with Gasteiger partial charge in [0.1, 0.15) is 5.75 Å². The second kappa shape index (κ2) is 5.82. The number of methoxy groups -OCH3 is 1. The van der Waals surface area contributed by atoms with Gasteiger partial charge < -0.3 is 10.1 Å². The van der Waals surface area contributed by atoms with Crippen molar-refractivity contribution >= 4 is 0 Å². The van der Waals surface area contributed by atoms with Crippen molar-refractivity contribution in [2.45, 2.75) is 44.4 Å². The van der Waals surface area contributed by atoms with Gasteiger partial charge in [0, 0.05) is 18.2 Å². The van der Waals surface area contributed by atoms with Gasteiger partial charge in [-0.25, -0.2) is 0 Å². The van der Waals surface area contributed by atoms with Gasteiger partial charge in [-0.05, 0) is 18.9 Å². The summed E-state index contributed by atoms with van der Waals surface area (Å²) < 4.78 is 43.5. The monoisotopic (exact) mass is 273 g/mol. The highest BCUT2D eigenvalue weighted by molar-refractivity contribution is 5.43. The molecule has 0 bridgehead atoms. The SMILES string of the molecule is COc1c(CNC2CCCC2)cccc1C(F)(F)F. The van der Waals surface area contributed by atoms with Crippen LogP contribution in [-0.4, -0.2) is 13.2 Å². The van der Waals surface area contributed by atoms with E-state index in [2.05, 4.69) is 5.32 Å². The summed E-state index contributed by atoms with van der Waals surface area (Å²) in [6.07, 6.45) is 0.200. The fraction of sp³-hybridized carbons (Fsp3) is 0.571. The molecule has 0 unspecified atom stereocenters. The summed E-state index contributed by atoms with van der Waals surface area (Å²) in [7, 11) is 1.28. The van der Waals surface area contributed by atoms with E-state index in [0.29, 0.717) is 18.2 Å². The van der Waals surface area contributed by atoms with Crippen molar-refractivity contribution < 1.29 is 17.9 Å². The van der Waals surface area contributed by atoms with Crippen LogP contribution >= 0.6 is 0 Å². The largest absolute Gasteiger partial charge is 0.496 e. The summed E-state index contributed by atoms with van der Waals surface area (Å²) in [6, 6.07) is 4.57. The van der Waals surface area contributed by atoms with Crippen LogP contribution in [0.15, 0.2) is 18.2 Å². The van der Waals surface area contributed by atoms with Crippen molar-refractivity contribution in [3.8, 4) is 5.75 Å². The van der Waals surface area contributed by atoms with Gasteiger partial charge in [-0.3, -0.25) is 0 Å². The van der Waals surface area contributed by atoms with E-state index in [1.54, 1.807) is 6.07 Å². The summed E-state index contributed by atoms with van der Waals surface area (Å²) >= 11 is 0. The number of halogens is 3. The Hall–Kier alpha value is -1.23. The molecule has 2 rings (SSSR count). The second-order valence-corrected chi connectivity index (χ2v) is 4.86. The van der Waals surface area contributed by atoms with Crippen LogP contribution < -0.4 is 10.1 Å². The van der Waals surface area contributed by atoms with Crippen molar-refractivity contribution in [3.05, 3.63) is 29.3 Å². The van der Waals surface area contributed by atoms with Gasteiger partial charge in [0.25, 0.3) is 0 Å². The zero-order valence-electron chi connectivity index (χ0n) is 10.9. The van der Waals surface area contributed by atoms with Crippen LogP contribution in [0.1, 0.15) is 36.8 Å². The Morgan fingerprint density at radius 3 is 2.53 bits per heavy atom. The normalized spacial score (nSPS) is 16.8. The Morgan fingerprint density at radius 1 is 1.26 bits per heavy atom. The van der Waals surface area contributed by atoms with Crippen LogP contribution in [0.3, 0.4) is 0 Å². The Kier molecular flexibility index (Phi) is 4.34. The molecule has 0 saturated heterocycles. The minimum absolute atomic E-state index is 0.0690. The number of ether oxygens (including phenoxy) is 1. The minimum atomic E-state index is -4.38. The number of hydrogen-bond acceptors (Lipinski definition) is 2. The van der Waals surface area contributed by atoms with Crippen molar-refractivity contribution in [3.63, 3.8) is 0 Å². The molecule has 5 heteroatoms. The first-order chi connectivity index (χ1) is 9.02. The molecule has 1 aromatic carbocycles. The minimum Gasteiger partial charge on any atom is -0.496 e. The molecule has 0 heterocycles. The fourth-order valence-corrected chi connectivity index (χ4v) is 2.57. The maximum absolute atomic E-state index is 12.9. The maximum Gasteiger partial charge on any atom is 0.419 e. The van der Waals surface area contributed by atoms with Gasteiger partial charge in [-0.1, -0.05) is 25.0 Å². The molecule has 2 nitrogen and oxygen atoms in total. The molecule has 1 aliphatic carbocycles. The van der Waals surface area contributed by atoms with E-state index in [1.807, 2.05) is 0 Å². The smallest absolute Gasteiger partial charge is 0.419 e. The van der Waals surface area contributed by atoms with E-state index >= 15 is 0 Å². The molecular weight excluding hydrogens is 255 g/mol. The zero-order valence-corrected chi connectivity index (χ0v) is 10.9. The third-order valence-corrected chi connectivity index (χ3v) is 3.54. The fourth-order valence-electron chi connectivity index (χ4n) is 2.57. The summed E-state index contributed by atoms with van der Waals surface area (Å²) in [5.74, 6) is -0.0690. The molecule has 0 radical (unpaired) electrons. The molecule has 1 saturated carbocycles. The lowest BCUT2D eigenvalue weighted by atomic mass is 10.1. The van der Waals surface area contributed by atoms with Gasteiger partial charge in [-0.2, -0.15) is 13.2 Å². The molecule has 1 aromatic rings. The molecular formula is C14H18F3NO. The molecule has 106 valence electrons. The molecule has 0 amide bonds. The van der Waals surface area contributed by atoms with E-state index < -0.39 is 11.7 Å². The lowest BCUT2D eigenvalue weighted by Gasteiger charge is -2.17. The number of alkyl halides is 3. The molecule has 19 heavy (non-hydrogen) atoms. The average Bonchev–Trinajstić information content (AvgIpc) is 2.87. The van der Waals surface area contributed by atoms with Gasteiger partial charge in [0.05, 0.1) is 12.7 Å². The van der Waals surface area contributed by atoms with Crippen LogP contribution in [-0.2, 0) is 12.7 Å². The molecule has 0 spiro atoms. The van der Waals surface area contributed by atoms with E-state index in [4.69, 9.17) is 4.74 Å². The highest BCUT2D eigenvalue weighted by Gasteiger charge is 2.35. The summed E-state index contributed by atoms with van der Waals surface area (Å²) in [5, 5.41) is 3.30. The topological polar surface area (TPSA) is 21.3 Å². The first-order valence-electron chi connectivity index (χ1n) is 6.49. The number of nitrogens with one attached hydrogen (secondary N) is 1. The van der Waals surface area contributed by atoms with Crippen molar-refractivity contribution in [1.29, 1.82) is 0 Å². The summed E-state index contributed by atoms with van der Waals surface area (Å²) in [5.41, 5.74) is -0.148. The van der Waals surface area contributed by atoms with Gasteiger partial charge in [-0.15, -0.1) is 0 Å². The highest BCUT2D eigenvalue weighted by atomic mass is 19.4. The third kappa shape index (κ3) is 3.41. The molecule has 0 atom stereocenters. The zero-order chi connectivity index (χ0) is 13.9. The number of hydrogen-bond donors (Lipinski definition) is 1. The lowest BCUT2D eigenvalue weighted by Crippen LogP contribution is -2.25. The maximum atomic E-state index is 12.9. The summed E-state index contributed by atoms with van der Waals surface area (Å²) in [6.45, 7) is 0.414. The number of benzene rings is 1. The highest BCUT2D eigenvalue weighted by Crippen LogP contribution is 2.38. The van der Waals surface area contributed by atoms with Crippen molar-refractivity contribution in [2.24, 2.45) is 0 Å². The second-order valence-electron chi connectivity index (χ2n) is 4.86. The Bertz CT molecular complexity index is 425. The van der Waals surface area contributed by atoms with E-state index in [9.17, 15) is 13.2 Å². The van der Waals surface area contributed by atoms with Crippen molar-refractivity contribution in [2.75, 3.05) is 7.11 Å². The summed E-state index contributed by atoms with van der Waals surface area (Å²) in [4.78, 5) is 0. The van der Waals surface area contributed by atoms with Gasteiger partial charge in [0.15, 0.2) is 0 Å². The Morgan fingerprint density at radius 2 is 1.95 bits per heavy atom. The quantitative estimate of drug-likeness (QED) is 0.902. The predicted molar refractivity (Wildman–Crippen MR) is 67.1 cm³/mol. The van der Waals surface area contributed by atoms with Gasteiger partial charge >= 0.3 is 6.18 Å².